The molecule has 0 atom stereocenters. The number of thiazole rings is 2. The summed E-state index contributed by atoms with van der Waals surface area (Å²) >= 11 is 3.07. The first kappa shape index (κ1) is 7.70. The molecule has 2 N–H and O–H groups in total. The van der Waals surface area contributed by atoms with Crippen molar-refractivity contribution >= 4 is 27.7 Å². The van der Waals surface area contributed by atoms with Crippen molar-refractivity contribution in [2.75, 3.05) is 5.73 Å². The zero-order chi connectivity index (χ0) is 8.55. The van der Waals surface area contributed by atoms with Crippen molar-refractivity contribution in [3.8, 4) is 10.0 Å². The van der Waals surface area contributed by atoms with Crippen LogP contribution in [0.5, 0.6) is 0 Å². The molecule has 0 spiro atoms. The molecule has 3 nitrogen and oxygen atoms in total. The van der Waals surface area contributed by atoms with Crippen molar-refractivity contribution in [3.05, 3.63) is 17.3 Å². The lowest BCUT2D eigenvalue weighted by atomic mass is 10.6. The fraction of sp³-hybridized carbons (Fsp3) is 0.143. The average molecular weight is 197 g/mol. The molecule has 0 saturated heterocycles. The third kappa shape index (κ3) is 1.33. The van der Waals surface area contributed by atoms with E-state index in [0.717, 1.165) is 20.7 Å². The minimum absolute atomic E-state index is 0.734. The molecule has 0 aliphatic carbocycles. The molecule has 0 saturated carbocycles. The number of aryl methyl sites for hydroxylation is 1. The summed E-state index contributed by atoms with van der Waals surface area (Å²) in [6.45, 7) is 1.97. The van der Waals surface area contributed by atoms with Gasteiger partial charge in [0, 0.05) is 11.1 Å². The molecular formula is C7H7N3S2. The van der Waals surface area contributed by atoms with Gasteiger partial charge in [-0.3, -0.25) is 0 Å². The van der Waals surface area contributed by atoms with Gasteiger partial charge >= 0.3 is 0 Å². The van der Waals surface area contributed by atoms with Crippen LogP contribution < -0.4 is 5.73 Å². The van der Waals surface area contributed by atoms with Crippen LogP contribution in [0.25, 0.3) is 10.0 Å². The molecule has 5 heteroatoms. The van der Waals surface area contributed by atoms with Crippen molar-refractivity contribution in [2.24, 2.45) is 0 Å². The second-order valence-corrected chi connectivity index (χ2v) is 4.28. The maximum atomic E-state index is 5.56. The van der Waals surface area contributed by atoms with Gasteiger partial charge < -0.3 is 5.73 Å². The van der Waals surface area contributed by atoms with E-state index < -0.39 is 0 Å². The first-order valence-electron chi connectivity index (χ1n) is 3.39. The van der Waals surface area contributed by atoms with E-state index in [1.165, 1.54) is 11.3 Å². The number of rotatable bonds is 1. The van der Waals surface area contributed by atoms with Crippen molar-refractivity contribution in [1.29, 1.82) is 0 Å². The monoisotopic (exact) mass is 197 g/mol. The fourth-order valence-electron chi connectivity index (χ4n) is 0.838. The van der Waals surface area contributed by atoms with Crippen molar-refractivity contribution in [3.63, 3.8) is 0 Å². The highest BCUT2D eigenvalue weighted by atomic mass is 32.1. The molecule has 2 rings (SSSR count). The minimum Gasteiger partial charge on any atom is -0.389 e. The predicted octanol–water partition coefficient (Wildman–Crippen LogP) is 2.16. The molecule has 0 bridgehead atoms. The third-order valence-corrected chi connectivity index (χ3v) is 3.25. The van der Waals surface area contributed by atoms with Gasteiger partial charge in [0.15, 0.2) is 10.0 Å². The smallest absolute Gasteiger partial charge is 0.154 e. The van der Waals surface area contributed by atoms with Gasteiger partial charge in [0.1, 0.15) is 5.00 Å². The molecule has 12 heavy (non-hydrogen) atoms. The number of hydrogen-bond acceptors (Lipinski definition) is 5. The largest absolute Gasteiger partial charge is 0.389 e. The number of nitrogens with two attached hydrogens (primary N) is 1. The Kier molecular flexibility index (Phi) is 1.82. The van der Waals surface area contributed by atoms with Gasteiger partial charge in [0.25, 0.3) is 0 Å². The zero-order valence-corrected chi connectivity index (χ0v) is 8.08. The number of aromatic nitrogens is 2. The van der Waals surface area contributed by atoms with Crippen LogP contribution in [-0.4, -0.2) is 9.97 Å². The summed E-state index contributed by atoms with van der Waals surface area (Å²) in [4.78, 5) is 8.45. The quantitative estimate of drug-likeness (QED) is 0.762. The van der Waals surface area contributed by atoms with Gasteiger partial charge in [0.2, 0.25) is 0 Å². The first-order chi connectivity index (χ1) is 5.75. The van der Waals surface area contributed by atoms with E-state index in [0.29, 0.717) is 0 Å². The van der Waals surface area contributed by atoms with E-state index >= 15 is 0 Å². The van der Waals surface area contributed by atoms with Gasteiger partial charge in [-0.15, -0.1) is 11.3 Å². The SMILES string of the molecule is Cc1csc(-c2ncc(N)s2)n1. The van der Waals surface area contributed by atoms with Crippen LogP contribution in [0.3, 0.4) is 0 Å². The van der Waals surface area contributed by atoms with E-state index in [1.807, 2.05) is 12.3 Å². The molecule has 0 fully saturated rings. The summed E-state index contributed by atoms with van der Waals surface area (Å²) in [7, 11) is 0. The highest BCUT2D eigenvalue weighted by Crippen LogP contribution is 2.28. The molecule has 2 heterocycles. The van der Waals surface area contributed by atoms with Gasteiger partial charge in [-0.05, 0) is 6.92 Å². The summed E-state index contributed by atoms with van der Waals surface area (Å²) < 4.78 is 0. The second-order valence-electron chi connectivity index (χ2n) is 2.36. The van der Waals surface area contributed by atoms with E-state index in [-0.39, 0.29) is 0 Å². The van der Waals surface area contributed by atoms with Crippen molar-refractivity contribution in [2.45, 2.75) is 6.92 Å². The van der Waals surface area contributed by atoms with E-state index in [4.69, 9.17) is 5.73 Å². The predicted molar refractivity (Wildman–Crippen MR) is 52.4 cm³/mol. The minimum atomic E-state index is 0.734. The molecule has 0 aliphatic rings. The second kappa shape index (κ2) is 2.84. The number of hydrogen-bond donors (Lipinski definition) is 1. The Morgan fingerprint density at radius 1 is 1.42 bits per heavy atom. The van der Waals surface area contributed by atoms with Gasteiger partial charge in [-0.2, -0.15) is 0 Å². The lowest BCUT2D eigenvalue weighted by Crippen LogP contribution is -1.73. The highest BCUT2D eigenvalue weighted by Gasteiger charge is 2.05. The third-order valence-electron chi connectivity index (χ3n) is 1.33. The highest BCUT2D eigenvalue weighted by molar-refractivity contribution is 7.22. The van der Waals surface area contributed by atoms with E-state index in [1.54, 1.807) is 17.5 Å². The topological polar surface area (TPSA) is 51.8 Å². The average Bonchev–Trinajstić information content (AvgIpc) is 2.58. The van der Waals surface area contributed by atoms with Crippen LogP contribution >= 0.6 is 22.7 Å². The molecule has 0 amide bonds. The zero-order valence-electron chi connectivity index (χ0n) is 6.44. The van der Waals surface area contributed by atoms with Crippen LogP contribution in [0.1, 0.15) is 5.69 Å². The summed E-state index contributed by atoms with van der Waals surface area (Å²) in [5, 5.41) is 4.60. The van der Waals surface area contributed by atoms with Crippen molar-refractivity contribution in [1.82, 2.24) is 9.97 Å². The molecule has 0 unspecified atom stereocenters. The summed E-state index contributed by atoms with van der Waals surface area (Å²) in [6.07, 6.45) is 1.66. The Balaban J connectivity index is 2.43. The van der Waals surface area contributed by atoms with Crippen LogP contribution in [0.2, 0.25) is 0 Å². The number of nitrogen functional groups attached to an aromatic ring is 1. The van der Waals surface area contributed by atoms with E-state index in [2.05, 4.69) is 9.97 Å². The standard InChI is InChI=1S/C7H7N3S2/c1-4-3-11-7(10-4)6-9-2-5(8)12-6/h2-3H,8H2,1H3. The summed E-state index contributed by atoms with van der Waals surface area (Å²) in [5.74, 6) is 0. The molecule has 2 aromatic rings. The van der Waals surface area contributed by atoms with Crippen LogP contribution in [0.4, 0.5) is 5.00 Å². The van der Waals surface area contributed by atoms with Crippen molar-refractivity contribution < 1.29 is 0 Å². The lowest BCUT2D eigenvalue weighted by molar-refractivity contribution is 1.26. The maximum absolute atomic E-state index is 5.56. The lowest BCUT2D eigenvalue weighted by Gasteiger charge is -1.83. The fourth-order valence-corrected chi connectivity index (χ4v) is 2.36. The van der Waals surface area contributed by atoms with Crippen LogP contribution in [0.15, 0.2) is 11.6 Å². The molecule has 0 aliphatic heterocycles. The van der Waals surface area contributed by atoms with Gasteiger partial charge in [-0.25, -0.2) is 9.97 Å². The molecule has 0 aromatic carbocycles. The van der Waals surface area contributed by atoms with E-state index in [9.17, 15) is 0 Å². The Bertz CT molecular complexity index is 353. The Morgan fingerprint density at radius 3 is 2.75 bits per heavy atom. The van der Waals surface area contributed by atoms with Crippen LogP contribution in [-0.2, 0) is 0 Å². The molecular weight excluding hydrogens is 190 g/mol. The van der Waals surface area contributed by atoms with Gasteiger partial charge in [0.05, 0.1) is 6.20 Å². The van der Waals surface area contributed by atoms with Gasteiger partial charge in [-0.1, -0.05) is 11.3 Å². The first-order valence-corrected chi connectivity index (χ1v) is 5.09. The normalized spacial score (nSPS) is 10.4. The molecule has 2 aromatic heterocycles. The number of nitrogens with zero attached hydrogens (tertiary/aromatic N) is 2. The Morgan fingerprint density at radius 2 is 2.25 bits per heavy atom. The molecule has 0 radical (unpaired) electrons. The summed E-state index contributed by atoms with van der Waals surface area (Å²) in [5.41, 5.74) is 6.59. The number of anilines is 1. The Labute approximate surface area is 77.9 Å². The van der Waals surface area contributed by atoms with Crippen LogP contribution in [0, 0.1) is 6.92 Å². The molecule has 62 valence electrons. The maximum Gasteiger partial charge on any atom is 0.154 e. The Hall–Kier alpha value is -0.940. The summed E-state index contributed by atoms with van der Waals surface area (Å²) in [6, 6.07) is 0.